The SMILES string of the molecule is CN=C(NCC(=O)N1CCC(Cc2ccccc2)CC1)NC(C)c1ccccc1. The number of piperidine rings is 1. The fourth-order valence-corrected chi connectivity index (χ4v) is 3.83. The molecule has 0 aromatic heterocycles. The molecule has 1 atom stereocenters. The average molecular weight is 393 g/mol. The number of hydrogen-bond donors (Lipinski definition) is 2. The number of amides is 1. The summed E-state index contributed by atoms with van der Waals surface area (Å²) in [6, 6.07) is 21.0. The van der Waals surface area contributed by atoms with Crippen molar-refractivity contribution in [1.29, 1.82) is 0 Å². The highest BCUT2D eigenvalue weighted by Gasteiger charge is 2.23. The molecule has 0 spiro atoms. The van der Waals surface area contributed by atoms with Crippen molar-refractivity contribution in [2.45, 2.75) is 32.2 Å². The van der Waals surface area contributed by atoms with Crippen LogP contribution in [0.3, 0.4) is 0 Å². The number of hydrogen-bond acceptors (Lipinski definition) is 2. The van der Waals surface area contributed by atoms with Gasteiger partial charge >= 0.3 is 0 Å². The Kier molecular flexibility index (Phi) is 7.68. The first-order valence-corrected chi connectivity index (χ1v) is 10.5. The van der Waals surface area contributed by atoms with Crippen LogP contribution in [-0.4, -0.2) is 43.4 Å². The standard InChI is InChI=1S/C24H32N4O/c1-19(22-11-7-4-8-12-22)27-24(25-2)26-18-23(29)28-15-13-21(14-16-28)17-20-9-5-3-6-10-20/h3-12,19,21H,13-18H2,1-2H3,(H2,25,26,27). The highest BCUT2D eigenvalue weighted by atomic mass is 16.2. The number of aliphatic imine (C=N–C) groups is 1. The van der Waals surface area contributed by atoms with Gasteiger partial charge in [0.2, 0.25) is 5.91 Å². The Labute approximate surface area is 174 Å². The maximum Gasteiger partial charge on any atom is 0.241 e. The van der Waals surface area contributed by atoms with Gasteiger partial charge in [-0.1, -0.05) is 60.7 Å². The molecule has 2 aromatic carbocycles. The molecule has 1 saturated heterocycles. The van der Waals surface area contributed by atoms with E-state index < -0.39 is 0 Å². The lowest BCUT2D eigenvalue weighted by atomic mass is 9.90. The molecular weight excluding hydrogens is 360 g/mol. The Morgan fingerprint density at radius 2 is 1.69 bits per heavy atom. The third kappa shape index (κ3) is 6.34. The van der Waals surface area contributed by atoms with Crippen molar-refractivity contribution in [3.63, 3.8) is 0 Å². The largest absolute Gasteiger partial charge is 0.350 e. The number of nitrogens with zero attached hydrogens (tertiary/aromatic N) is 2. The van der Waals surface area contributed by atoms with Crippen molar-refractivity contribution >= 4 is 11.9 Å². The minimum absolute atomic E-state index is 0.117. The van der Waals surface area contributed by atoms with Gasteiger partial charge in [0.15, 0.2) is 5.96 Å². The second kappa shape index (κ2) is 10.6. The number of rotatable bonds is 6. The van der Waals surface area contributed by atoms with Crippen LogP contribution in [0.2, 0.25) is 0 Å². The molecule has 2 aromatic rings. The van der Waals surface area contributed by atoms with Crippen molar-refractivity contribution in [3.8, 4) is 0 Å². The molecule has 1 amide bonds. The molecule has 0 aliphatic carbocycles. The van der Waals surface area contributed by atoms with Gasteiger partial charge in [-0.2, -0.15) is 0 Å². The van der Waals surface area contributed by atoms with Gasteiger partial charge < -0.3 is 15.5 Å². The molecule has 5 heteroatoms. The summed E-state index contributed by atoms with van der Waals surface area (Å²) in [5.74, 6) is 1.45. The van der Waals surface area contributed by atoms with Gasteiger partial charge in [0.05, 0.1) is 12.6 Å². The van der Waals surface area contributed by atoms with E-state index in [1.165, 1.54) is 11.1 Å². The number of carbonyl (C=O) groups is 1. The van der Waals surface area contributed by atoms with Crippen LogP contribution in [0.5, 0.6) is 0 Å². The molecule has 0 bridgehead atoms. The Morgan fingerprint density at radius 1 is 1.07 bits per heavy atom. The Balaban J connectivity index is 1.41. The molecule has 0 radical (unpaired) electrons. The van der Waals surface area contributed by atoms with Crippen molar-refractivity contribution in [3.05, 3.63) is 71.8 Å². The molecule has 1 aliphatic rings. The monoisotopic (exact) mass is 392 g/mol. The molecule has 1 unspecified atom stereocenters. The zero-order valence-electron chi connectivity index (χ0n) is 17.5. The molecule has 0 saturated carbocycles. The molecular formula is C24H32N4O. The first kappa shape index (κ1) is 20.9. The van der Waals surface area contributed by atoms with Crippen molar-refractivity contribution in [1.82, 2.24) is 15.5 Å². The molecule has 1 aliphatic heterocycles. The molecule has 1 heterocycles. The Morgan fingerprint density at radius 3 is 2.31 bits per heavy atom. The maximum absolute atomic E-state index is 12.6. The summed E-state index contributed by atoms with van der Waals surface area (Å²) in [5.41, 5.74) is 2.57. The van der Waals surface area contributed by atoms with Gasteiger partial charge in [-0.15, -0.1) is 0 Å². The summed E-state index contributed by atoms with van der Waals surface area (Å²) in [5, 5.41) is 6.51. The van der Waals surface area contributed by atoms with Crippen LogP contribution >= 0.6 is 0 Å². The molecule has 5 nitrogen and oxygen atoms in total. The first-order valence-electron chi connectivity index (χ1n) is 10.5. The summed E-state index contributed by atoms with van der Waals surface area (Å²) in [6.07, 6.45) is 3.24. The lowest BCUT2D eigenvalue weighted by molar-refractivity contribution is -0.131. The summed E-state index contributed by atoms with van der Waals surface area (Å²) in [6.45, 7) is 4.03. The van der Waals surface area contributed by atoms with E-state index in [1.54, 1.807) is 7.05 Å². The summed E-state index contributed by atoms with van der Waals surface area (Å²) in [4.78, 5) is 18.8. The van der Waals surface area contributed by atoms with Crippen LogP contribution in [0.25, 0.3) is 0 Å². The fourth-order valence-electron chi connectivity index (χ4n) is 3.83. The fraction of sp³-hybridized carbons (Fsp3) is 0.417. The predicted octanol–water partition coefficient (Wildman–Crippen LogP) is 3.39. The predicted molar refractivity (Wildman–Crippen MR) is 119 cm³/mol. The van der Waals surface area contributed by atoms with Gasteiger partial charge in [-0.05, 0) is 43.2 Å². The zero-order valence-corrected chi connectivity index (χ0v) is 17.5. The lowest BCUT2D eigenvalue weighted by Crippen LogP contribution is -2.47. The van der Waals surface area contributed by atoms with Crippen LogP contribution in [-0.2, 0) is 11.2 Å². The van der Waals surface area contributed by atoms with Crippen molar-refractivity contribution < 1.29 is 4.79 Å². The van der Waals surface area contributed by atoms with E-state index in [4.69, 9.17) is 0 Å². The van der Waals surface area contributed by atoms with Crippen LogP contribution in [0, 0.1) is 5.92 Å². The number of carbonyl (C=O) groups excluding carboxylic acids is 1. The Bertz CT molecular complexity index is 783. The summed E-state index contributed by atoms with van der Waals surface area (Å²) in [7, 11) is 1.73. The summed E-state index contributed by atoms with van der Waals surface area (Å²) >= 11 is 0. The highest BCUT2D eigenvalue weighted by molar-refractivity contribution is 5.86. The average Bonchev–Trinajstić information content (AvgIpc) is 2.78. The normalized spacial score (nSPS) is 16.3. The second-order valence-electron chi connectivity index (χ2n) is 7.72. The van der Waals surface area contributed by atoms with Gasteiger partial charge in [0, 0.05) is 20.1 Å². The lowest BCUT2D eigenvalue weighted by Gasteiger charge is -2.32. The topological polar surface area (TPSA) is 56.7 Å². The minimum atomic E-state index is 0.117. The number of nitrogens with one attached hydrogen (secondary N) is 2. The first-order chi connectivity index (χ1) is 14.2. The van der Waals surface area contributed by atoms with Gasteiger partial charge in [-0.25, -0.2) is 0 Å². The molecule has 1 fully saturated rings. The van der Waals surface area contributed by atoms with E-state index in [-0.39, 0.29) is 18.5 Å². The van der Waals surface area contributed by atoms with E-state index in [0.29, 0.717) is 11.9 Å². The van der Waals surface area contributed by atoms with E-state index in [1.807, 2.05) is 23.1 Å². The smallest absolute Gasteiger partial charge is 0.241 e. The van der Waals surface area contributed by atoms with Gasteiger partial charge in [-0.3, -0.25) is 9.79 Å². The minimum Gasteiger partial charge on any atom is -0.350 e. The Hall–Kier alpha value is -2.82. The van der Waals surface area contributed by atoms with Crippen LogP contribution in [0.15, 0.2) is 65.7 Å². The number of guanidine groups is 1. The van der Waals surface area contributed by atoms with E-state index >= 15 is 0 Å². The third-order valence-corrected chi connectivity index (χ3v) is 5.62. The quantitative estimate of drug-likeness (QED) is 0.585. The highest BCUT2D eigenvalue weighted by Crippen LogP contribution is 2.21. The van der Waals surface area contributed by atoms with Crippen LogP contribution in [0.1, 0.15) is 36.9 Å². The van der Waals surface area contributed by atoms with Gasteiger partial charge in [0.1, 0.15) is 0 Å². The summed E-state index contributed by atoms with van der Waals surface area (Å²) < 4.78 is 0. The van der Waals surface area contributed by atoms with Crippen molar-refractivity contribution in [2.24, 2.45) is 10.9 Å². The van der Waals surface area contributed by atoms with Crippen LogP contribution in [0.4, 0.5) is 0 Å². The van der Waals surface area contributed by atoms with E-state index in [0.717, 1.165) is 32.4 Å². The van der Waals surface area contributed by atoms with E-state index in [9.17, 15) is 4.79 Å². The molecule has 29 heavy (non-hydrogen) atoms. The van der Waals surface area contributed by atoms with Gasteiger partial charge in [0.25, 0.3) is 0 Å². The number of benzene rings is 2. The molecule has 2 N–H and O–H groups in total. The second-order valence-corrected chi connectivity index (χ2v) is 7.72. The molecule has 154 valence electrons. The van der Waals surface area contributed by atoms with E-state index in [2.05, 4.69) is 65.0 Å². The third-order valence-electron chi connectivity index (χ3n) is 5.62. The zero-order chi connectivity index (χ0) is 20.5. The van der Waals surface area contributed by atoms with Crippen LogP contribution < -0.4 is 10.6 Å². The number of likely N-dealkylation sites (tertiary alicyclic amines) is 1. The maximum atomic E-state index is 12.6. The molecule has 3 rings (SSSR count). The van der Waals surface area contributed by atoms with Crippen molar-refractivity contribution in [2.75, 3.05) is 26.7 Å².